The van der Waals surface area contributed by atoms with Gasteiger partial charge in [-0.05, 0) is 38.2 Å². The van der Waals surface area contributed by atoms with Crippen molar-refractivity contribution in [1.29, 1.82) is 0 Å². The Hall–Kier alpha value is -0.640. The number of carbonyl (C=O) groups excluding carboxylic acids is 1. The lowest BCUT2D eigenvalue weighted by molar-refractivity contribution is -0.119. The number of sulfone groups is 1. The standard InChI is InChI=1S/C12H18O3S/c1-8(2)12(13)9-6-10-4-3-5-11(7-9)16(10,14)15/h9-11H,1,3-7H2,2H3. The minimum Gasteiger partial charge on any atom is -0.294 e. The summed E-state index contributed by atoms with van der Waals surface area (Å²) in [7, 11) is -2.94. The summed E-state index contributed by atoms with van der Waals surface area (Å²) in [5.41, 5.74) is 0.558. The zero-order valence-electron chi connectivity index (χ0n) is 9.61. The highest BCUT2D eigenvalue weighted by Crippen LogP contribution is 2.40. The lowest BCUT2D eigenvalue weighted by Crippen LogP contribution is -2.45. The van der Waals surface area contributed by atoms with Crippen LogP contribution >= 0.6 is 0 Å². The molecule has 16 heavy (non-hydrogen) atoms. The summed E-state index contributed by atoms with van der Waals surface area (Å²) in [5, 5.41) is -0.540. The maximum absolute atomic E-state index is 12.0. The highest BCUT2D eigenvalue weighted by molar-refractivity contribution is 7.92. The lowest BCUT2D eigenvalue weighted by atomic mass is 9.85. The first kappa shape index (κ1) is 11.8. The van der Waals surface area contributed by atoms with Crippen LogP contribution in [0.5, 0.6) is 0 Å². The van der Waals surface area contributed by atoms with Gasteiger partial charge in [-0.3, -0.25) is 4.79 Å². The second-order valence-electron chi connectivity index (χ2n) is 5.08. The monoisotopic (exact) mass is 242 g/mol. The molecule has 0 aromatic rings. The molecule has 0 aromatic heterocycles. The molecule has 2 heterocycles. The van der Waals surface area contributed by atoms with E-state index >= 15 is 0 Å². The third kappa shape index (κ3) is 1.83. The predicted molar refractivity (Wildman–Crippen MR) is 62.9 cm³/mol. The number of hydrogen-bond acceptors (Lipinski definition) is 3. The maximum Gasteiger partial charge on any atom is 0.161 e. The number of carbonyl (C=O) groups is 1. The smallest absolute Gasteiger partial charge is 0.161 e. The van der Waals surface area contributed by atoms with Gasteiger partial charge in [0.15, 0.2) is 15.6 Å². The van der Waals surface area contributed by atoms with Crippen LogP contribution in [0.4, 0.5) is 0 Å². The summed E-state index contributed by atoms with van der Waals surface area (Å²) in [5.74, 6) is -0.0388. The highest BCUT2D eigenvalue weighted by atomic mass is 32.2. The molecule has 2 fully saturated rings. The van der Waals surface area contributed by atoms with Crippen LogP contribution in [0.1, 0.15) is 39.0 Å². The number of ketones is 1. The Kier molecular flexibility index (Phi) is 2.95. The fourth-order valence-electron chi connectivity index (χ4n) is 2.97. The Labute approximate surface area is 96.8 Å². The van der Waals surface area contributed by atoms with Crippen LogP contribution in [-0.2, 0) is 14.6 Å². The second kappa shape index (κ2) is 3.99. The second-order valence-corrected chi connectivity index (χ2v) is 7.59. The van der Waals surface area contributed by atoms with E-state index in [0.29, 0.717) is 18.4 Å². The van der Waals surface area contributed by atoms with Gasteiger partial charge in [-0.25, -0.2) is 8.42 Å². The van der Waals surface area contributed by atoms with E-state index in [1.165, 1.54) is 0 Å². The largest absolute Gasteiger partial charge is 0.294 e. The molecule has 0 aromatic carbocycles. The SMILES string of the molecule is C=C(C)C(=O)C1CC2CCCC(C1)S2(=O)=O. The van der Waals surface area contributed by atoms with Gasteiger partial charge in [-0.1, -0.05) is 13.0 Å². The summed E-state index contributed by atoms with van der Waals surface area (Å²) in [6.07, 6.45) is 3.50. The predicted octanol–water partition coefficient (Wildman–Crippen LogP) is 1.88. The van der Waals surface area contributed by atoms with E-state index in [1.54, 1.807) is 6.92 Å². The molecule has 2 unspecified atom stereocenters. The van der Waals surface area contributed by atoms with Gasteiger partial charge >= 0.3 is 0 Å². The Bertz CT molecular complexity index is 402. The first-order chi connectivity index (χ1) is 7.43. The van der Waals surface area contributed by atoms with Crippen LogP contribution in [0.3, 0.4) is 0 Å². The Morgan fingerprint density at radius 3 is 2.12 bits per heavy atom. The van der Waals surface area contributed by atoms with Gasteiger partial charge in [0.2, 0.25) is 0 Å². The van der Waals surface area contributed by atoms with Gasteiger partial charge in [0.25, 0.3) is 0 Å². The molecule has 2 atom stereocenters. The first-order valence-electron chi connectivity index (χ1n) is 5.85. The third-order valence-corrected chi connectivity index (χ3v) is 6.58. The van der Waals surface area contributed by atoms with Crippen molar-refractivity contribution in [2.75, 3.05) is 0 Å². The Morgan fingerprint density at radius 2 is 1.69 bits per heavy atom. The van der Waals surface area contributed by atoms with Crippen LogP contribution in [0.2, 0.25) is 0 Å². The van der Waals surface area contributed by atoms with Gasteiger partial charge in [0.1, 0.15) is 0 Å². The van der Waals surface area contributed by atoms with E-state index in [4.69, 9.17) is 0 Å². The average molecular weight is 242 g/mol. The molecule has 0 spiro atoms. The lowest BCUT2D eigenvalue weighted by Gasteiger charge is -2.38. The fourth-order valence-corrected chi connectivity index (χ4v) is 5.51. The molecule has 0 amide bonds. The summed E-state index contributed by atoms with van der Waals surface area (Å²) in [4.78, 5) is 11.8. The van der Waals surface area contributed by atoms with Crippen molar-refractivity contribution in [1.82, 2.24) is 0 Å². The molecule has 2 rings (SSSR count). The summed E-state index contributed by atoms with van der Waals surface area (Å²) >= 11 is 0. The molecule has 2 aliphatic rings. The Balaban J connectivity index is 2.21. The van der Waals surface area contributed by atoms with Crippen molar-refractivity contribution in [3.05, 3.63) is 12.2 Å². The molecule has 90 valence electrons. The van der Waals surface area contributed by atoms with Crippen LogP contribution in [0.15, 0.2) is 12.2 Å². The molecule has 2 saturated heterocycles. The normalized spacial score (nSPS) is 36.7. The number of hydrogen-bond donors (Lipinski definition) is 0. The van der Waals surface area contributed by atoms with E-state index in [-0.39, 0.29) is 22.2 Å². The van der Waals surface area contributed by atoms with Crippen LogP contribution in [0, 0.1) is 5.92 Å². The molecule has 0 saturated carbocycles. The van der Waals surface area contributed by atoms with E-state index in [9.17, 15) is 13.2 Å². The maximum atomic E-state index is 12.0. The van der Waals surface area contributed by atoms with Crippen LogP contribution in [0.25, 0.3) is 0 Å². The molecule has 0 N–H and O–H groups in total. The van der Waals surface area contributed by atoms with Gasteiger partial charge < -0.3 is 0 Å². The fraction of sp³-hybridized carbons (Fsp3) is 0.750. The number of rotatable bonds is 2. The number of fused-ring (bicyclic) bond motifs is 2. The zero-order chi connectivity index (χ0) is 11.9. The topological polar surface area (TPSA) is 51.2 Å². The molecule has 3 nitrogen and oxygen atoms in total. The van der Waals surface area contributed by atoms with E-state index < -0.39 is 9.84 Å². The van der Waals surface area contributed by atoms with E-state index in [0.717, 1.165) is 19.3 Å². The van der Waals surface area contributed by atoms with E-state index in [1.807, 2.05) is 0 Å². The van der Waals surface area contributed by atoms with Crippen molar-refractivity contribution in [3.63, 3.8) is 0 Å². The Morgan fingerprint density at radius 1 is 1.19 bits per heavy atom. The van der Waals surface area contributed by atoms with Crippen LogP contribution < -0.4 is 0 Å². The molecule has 2 aliphatic heterocycles. The molecule has 0 aliphatic carbocycles. The summed E-state index contributed by atoms with van der Waals surface area (Å²) < 4.78 is 24.0. The first-order valence-corrected chi connectivity index (χ1v) is 7.46. The summed E-state index contributed by atoms with van der Waals surface area (Å²) in [6.45, 7) is 5.37. The quantitative estimate of drug-likeness (QED) is 0.695. The zero-order valence-corrected chi connectivity index (χ0v) is 10.4. The third-order valence-electron chi connectivity index (χ3n) is 3.87. The minimum absolute atomic E-state index is 0.0619. The van der Waals surface area contributed by atoms with Gasteiger partial charge in [-0.2, -0.15) is 0 Å². The van der Waals surface area contributed by atoms with Gasteiger partial charge in [-0.15, -0.1) is 0 Å². The van der Waals surface area contributed by atoms with Gasteiger partial charge in [0.05, 0.1) is 10.5 Å². The number of allylic oxidation sites excluding steroid dienone is 1. The summed E-state index contributed by atoms with van der Waals surface area (Å²) in [6, 6.07) is 0. The minimum atomic E-state index is -2.94. The molecule has 0 radical (unpaired) electrons. The van der Waals surface area contributed by atoms with Crippen molar-refractivity contribution < 1.29 is 13.2 Å². The molecule has 4 heteroatoms. The van der Waals surface area contributed by atoms with Crippen molar-refractivity contribution in [3.8, 4) is 0 Å². The van der Waals surface area contributed by atoms with Crippen molar-refractivity contribution in [2.45, 2.75) is 49.5 Å². The van der Waals surface area contributed by atoms with Crippen molar-refractivity contribution in [2.24, 2.45) is 5.92 Å². The highest BCUT2D eigenvalue weighted by Gasteiger charge is 2.45. The van der Waals surface area contributed by atoms with Gasteiger partial charge in [0, 0.05) is 5.92 Å². The van der Waals surface area contributed by atoms with Crippen LogP contribution in [-0.4, -0.2) is 24.7 Å². The molecular formula is C12H18O3S. The average Bonchev–Trinajstić information content (AvgIpc) is 2.14. The molecule has 2 bridgehead atoms. The van der Waals surface area contributed by atoms with Crippen molar-refractivity contribution >= 4 is 15.6 Å². The molecular weight excluding hydrogens is 224 g/mol. The number of Topliss-reactive ketones (excluding diaryl/α,β-unsaturated/α-hetero) is 1. The van der Waals surface area contributed by atoms with E-state index in [2.05, 4.69) is 6.58 Å².